The second-order valence-corrected chi connectivity index (χ2v) is 4.67. The molecule has 0 amide bonds. The molecule has 0 aliphatic rings. The van der Waals surface area contributed by atoms with Crippen LogP contribution in [-0.4, -0.2) is 17.9 Å². The molecule has 0 radical (unpaired) electrons. The number of alkyl halides is 3. The number of rotatable bonds is 6. The van der Waals surface area contributed by atoms with Gasteiger partial charge in [-0.3, -0.25) is 0 Å². The van der Waals surface area contributed by atoms with E-state index in [1.807, 2.05) is 6.92 Å². The van der Waals surface area contributed by atoms with Crippen molar-refractivity contribution < 1.29 is 23.0 Å². The Balaban J connectivity index is 2.76. The number of aliphatic hydroxyl groups is 1. The van der Waals surface area contributed by atoms with Gasteiger partial charge in [0.25, 0.3) is 0 Å². The average Bonchev–Trinajstić information content (AvgIpc) is 2.28. The Bertz CT molecular complexity index is 400. The molecule has 2 nitrogen and oxygen atoms in total. The Morgan fingerprint density at radius 2 is 1.79 bits per heavy atom. The van der Waals surface area contributed by atoms with Crippen LogP contribution in [0, 0.1) is 0 Å². The van der Waals surface area contributed by atoms with E-state index >= 15 is 0 Å². The Morgan fingerprint density at radius 1 is 1.16 bits per heavy atom. The maximum absolute atomic E-state index is 12.1. The largest absolute Gasteiger partial charge is 0.493 e. The Hall–Kier alpha value is -1.23. The lowest BCUT2D eigenvalue weighted by Gasteiger charge is -2.26. The second-order valence-electron chi connectivity index (χ2n) is 4.67. The summed E-state index contributed by atoms with van der Waals surface area (Å²) in [6.07, 6.45) is -5.15. The van der Waals surface area contributed by atoms with E-state index in [-0.39, 0.29) is 12.8 Å². The van der Waals surface area contributed by atoms with Gasteiger partial charge in [0.2, 0.25) is 0 Å². The molecule has 1 N–H and O–H groups in total. The van der Waals surface area contributed by atoms with Crippen LogP contribution in [0.15, 0.2) is 24.3 Å². The van der Waals surface area contributed by atoms with Gasteiger partial charge in [0, 0.05) is 12.0 Å². The molecular formula is C14H19F3O2. The smallest absolute Gasteiger partial charge is 0.389 e. The van der Waals surface area contributed by atoms with Crippen LogP contribution in [0.3, 0.4) is 0 Å². The number of ether oxygens (including phenoxy) is 1. The first-order valence-corrected chi connectivity index (χ1v) is 6.27. The fraction of sp³-hybridized carbons (Fsp3) is 0.571. The SMILES string of the molecule is CCOc1ccccc1C(C)(O)CCCC(F)(F)F. The Labute approximate surface area is 111 Å². The van der Waals surface area contributed by atoms with Crippen LogP contribution in [0.5, 0.6) is 5.75 Å². The maximum Gasteiger partial charge on any atom is 0.389 e. The number of para-hydroxylation sites is 1. The molecule has 0 heterocycles. The first kappa shape index (κ1) is 15.8. The van der Waals surface area contributed by atoms with Crippen LogP contribution in [0.2, 0.25) is 0 Å². The molecule has 0 saturated carbocycles. The van der Waals surface area contributed by atoms with E-state index in [0.717, 1.165) is 0 Å². The zero-order valence-electron chi connectivity index (χ0n) is 11.1. The summed E-state index contributed by atoms with van der Waals surface area (Å²) in [6.45, 7) is 3.77. The third-order valence-corrected chi connectivity index (χ3v) is 2.89. The van der Waals surface area contributed by atoms with Crippen molar-refractivity contribution in [2.24, 2.45) is 0 Å². The van der Waals surface area contributed by atoms with E-state index in [2.05, 4.69) is 0 Å². The molecule has 0 bridgehead atoms. The quantitative estimate of drug-likeness (QED) is 0.850. The van der Waals surface area contributed by atoms with E-state index < -0.39 is 18.2 Å². The standard InChI is InChI=1S/C14H19F3O2/c1-3-19-12-8-5-4-7-11(12)13(2,18)9-6-10-14(15,16)17/h4-5,7-8,18H,3,6,9-10H2,1-2H3. The number of halogens is 3. The molecule has 108 valence electrons. The lowest BCUT2D eigenvalue weighted by atomic mass is 9.89. The summed E-state index contributed by atoms with van der Waals surface area (Å²) in [4.78, 5) is 0. The molecule has 0 saturated heterocycles. The van der Waals surface area contributed by atoms with Gasteiger partial charge >= 0.3 is 6.18 Å². The van der Waals surface area contributed by atoms with Gasteiger partial charge < -0.3 is 9.84 Å². The predicted molar refractivity (Wildman–Crippen MR) is 67.1 cm³/mol. The van der Waals surface area contributed by atoms with Gasteiger partial charge in [-0.05, 0) is 32.8 Å². The van der Waals surface area contributed by atoms with Gasteiger partial charge in [-0.15, -0.1) is 0 Å². The number of hydrogen-bond donors (Lipinski definition) is 1. The van der Waals surface area contributed by atoms with Crippen molar-refractivity contribution in [2.75, 3.05) is 6.61 Å². The summed E-state index contributed by atoms with van der Waals surface area (Å²) in [5, 5.41) is 10.3. The lowest BCUT2D eigenvalue weighted by molar-refractivity contribution is -0.137. The highest BCUT2D eigenvalue weighted by Crippen LogP contribution is 2.35. The third kappa shape index (κ3) is 5.11. The molecule has 19 heavy (non-hydrogen) atoms. The summed E-state index contributed by atoms with van der Waals surface area (Å²) in [5.74, 6) is 0.516. The first-order chi connectivity index (χ1) is 8.76. The van der Waals surface area contributed by atoms with Crippen molar-refractivity contribution >= 4 is 0 Å². The highest BCUT2D eigenvalue weighted by atomic mass is 19.4. The van der Waals surface area contributed by atoms with Gasteiger partial charge in [0.05, 0.1) is 12.2 Å². The maximum atomic E-state index is 12.1. The van der Waals surface area contributed by atoms with Crippen LogP contribution < -0.4 is 4.74 Å². The molecule has 1 atom stereocenters. The van der Waals surface area contributed by atoms with Gasteiger partial charge in [0.1, 0.15) is 5.75 Å². The lowest BCUT2D eigenvalue weighted by Crippen LogP contribution is -2.23. The van der Waals surface area contributed by atoms with Crippen molar-refractivity contribution in [3.05, 3.63) is 29.8 Å². The average molecular weight is 276 g/mol. The summed E-state index contributed by atoms with van der Waals surface area (Å²) in [6, 6.07) is 6.88. The number of hydrogen-bond acceptors (Lipinski definition) is 2. The van der Waals surface area contributed by atoms with Crippen LogP contribution >= 0.6 is 0 Å². The van der Waals surface area contributed by atoms with E-state index in [4.69, 9.17) is 4.74 Å². The third-order valence-electron chi connectivity index (χ3n) is 2.89. The topological polar surface area (TPSA) is 29.5 Å². The summed E-state index contributed by atoms with van der Waals surface area (Å²) in [7, 11) is 0. The normalized spacial score (nSPS) is 15.1. The van der Waals surface area contributed by atoms with Gasteiger partial charge in [-0.1, -0.05) is 18.2 Å². The molecule has 0 aliphatic carbocycles. The highest BCUT2D eigenvalue weighted by Gasteiger charge is 2.31. The molecule has 0 fully saturated rings. The highest BCUT2D eigenvalue weighted by molar-refractivity contribution is 5.37. The van der Waals surface area contributed by atoms with Crippen molar-refractivity contribution in [3.63, 3.8) is 0 Å². The minimum atomic E-state index is -4.19. The molecular weight excluding hydrogens is 257 g/mol. The summed E-state index contributed by atoms with van der Waals surface area (Å²) >= 11 is 0. The first-order valence-electron chi connectivity index (χ1n) is 6.27. The van der Waals surface area contributed by atoms with Crippen LogP contribution in [0.4, 0.5) is 13.2 Å². The summed E-state index contributed by atoms with van der Waals surface area (Å²) < 4.78 is 41.8. The number of benzene rings is 1. The zero-order valence-corrected chi connectivity index (χ0v) is 11.1. The minimum Gasteiger partial charge on any atom is -0.493 e. The predicted octanol–water partition coefficient (Wildman–Crippen LogP) is 4.03. The van der Waals surface area contributed by atoms with Crippen LogP contribution in [-0.2, 0) is 5.60 Å². The van der Waals surface area contributed by atoms with Gasteiger partial charge in [-0.2, -0.15) is 13.2 Å². The summed E-state index contributed by atoms with van der Waals surface area (Å²) in [5.41, 5.74) is -0.796. The molecule has 0 aliphatic heterocycles. The Kier molecular flexibility index (Phi) is 5.23. The van der Waals surface area contributed by atoms with Crippen molar-refractivity contribution in [1.82, 2.24) is 0 Å². The fourth-order valence-electron chi connectivity index (χ4n) is 1.96. The molecule has 1 aromatic carbocycles. The second kappa shape index (κ2) is 6.28. The van der Waals surface area contributed by atoms with E-state index in [1.54, 1.807) is 24.3 Å². The molecule has 0 aromatic heterocycles. The van der Waals surface area contributed by atoms with E-state index in [0.29, 0.717) is 17.9 Å². The van der Waals surface area contributed by atoms with Crippen LogP contribution in [0.1, 0.15) is 38.7 Å². The molecule has 1 unspecified atom stereocenters. The monoisotopic (exact) mass is 276 g/mol. The van der Waals surface area contributed by atoms with Gasteiger partial charge in [-0.25, -0.2) is 0 Å². The van der Waals surface area contributed by atoms with Crippen molar-refractivity contribution in [1.29, 1.82) is 0 Å². The fourth-order valence-corrected chi connectivity index (χ4v) is 1.96. The van der Waals surface area contributed by atoms with Crippen LogP contribution in [0.25, 0.3) is 0 Å². The van der Waals surface area contributed by atoms with Gasteiger partial charge in [0.15, 0.2) is 0 Å². The molecule has 5 heteroatoms. The van der Waals surface area contributed by atoms with Crippen molar-refractivity contribution in [2.45, 2.75) is 44.9 Å². The van der Waals surface area contributed by atoms with E-state index in [1.165, 1.54) is 6.92 Å². The zero-order chi connectivity index (χ0) is 14.5. The Morgan fingerprint density at radius 3 is 2.37 bits per heavy atom. The molecule has 0 spiro atoms. The molecule has 1 rings (SSSR count). The van der Waals surface area contributed by atoms with Crippen molar-refractivity contribution in [3.8, 4) is 5.75 Å². The van der Waals surface area contributed by atoms with E-state index in [9.17, 15) is 18.3 Å². The minimum absolute atomic E-state index is 0.0383. The molecule has 1 aromatic rings.